The van der Waals surface area contributed by atoms with E-state index in [4.69, 9.17) is 23.7 Å². The highest BCUT2D eigenvalue weighted by Crippen LogP contribution is 2.76. The molecule has 0 radical (unpaired) electrons. The number of allylic oxidation sites excluding steroid dienone is 3. The summed E-state index contributed by atoms with van der Waals surface area (Å²) in [5, 5.41) is 121. The summed E-state index contributed by atoms with van der Waals surface area (Å²) >= 11 is 0. The molecule has 4 saturated carbocycles. The van der Waals surface area contributed by atoms with Crippen LogP contribution in [0.2, 0.25) is 0 Å². The number of esters is 1. The summed E-state index contributed by atoms with van der Waals surface area (Å²) < 4.78 is 29.3. The third-order valence-electron chi connectivity index (χ3n) is 18.7. The molecular weight excluding hydrogens is 852 g/mol. The fourth-order valence-corrected chi connectivity index (χ4v) is 14.5. The van der Waals surface area contributed by atoms with E-state index in [0.717, 1.165) is 5.57 Å². The van der Waals surface area contributed by atoms with Gasteiger partial charge < -0.3 is 79.9 Å². The monoisotopic (exact) mass is 926 g/mol. The largest absolute Gasteiger partial charge is 0.479 e. The average Bonchev–Trinajstić information content (AvgIpc) is 3.25. The molecule has 5 aliphatic carbocycles. The van der Waals surface area contributed by atoms with Crippen LogP contribution in [-0.2, 0) is 33.3 Å². The first-order valence-corrected chi connectivity index (χ1v) is 23.3. The Hall–Kier alpha value is -2.14. The SMILES string of the molecule is C/C=C(/C)C(=O)O[C@H]1[C@H](O)[C@]2(CO)[C@H](O)C[C@]3(C)C(=CC[C@@H]4[C@@]5(C)CC[C@H](O[C@@H]6O[C@H](C(=O)O)[C@@H](O)[C@H](O[C@@H]7O[C@H](CO)[C@@H](O)[C@H](O)[C@H]7O)[C@H]6O)[C@](C)(CO)[C@@H]5CC[C@]43C)[C@@H]2CC1(C)C. The van der Waals surface area contributed by atoms with Crippen LogP contribution < -0.4 is 0 Å². The quantitative estimate of drug-likeness (QED) is 0.0607. The summed E-state index contributed by atoms with van der Waals surface area (Å²) in [6.45, 7) is 14.2. The van der Waals surface area contributed by atoms with Gasteiger partial charge in [0.05, 0.1) is 37.4 Å². The van der Waals surface area contributed by atoms with Crippen molar-refractivity contribution in [2.75, 3.05) is 19.8 Å². The van der Waals surface area contributed by atoms with Crippen LogP contribution in [0, 0.1) is 50.2 Å². The Balaban J connectivity index is 1.16. The van der Waals surface area contributed by atoms with Crippen LogP contribution in [0.3, 0.4) is 0 Å². The molecule has 11 N–H and O–H groups in total. The Morgan fingerprint density at radius 2 is 1.46 bits per heavy atom. The van der Waals surface area contributed by atoms with Gasteiger partial charge in [0.15, 0.2) is 18.7 Å². The fraction of sp³-hybridized carbons (Fsp3) is 0.872. The summed E-state index contributed by atoms with van der Waals surface area (Å²) in [7, 11) is 0. The molecule has 18 heteroatoms. The smallest absolute Gasteiger partial charge is 0.335 e. The van der Waals surface area contributed by atoms with Crippen molar-refractivity contribution in [2.24, 2.45) is 50.2 Å². The van der Waals surface area contributed by atoms with Crippen molar-refractivity contribution in [2.45, 2.75) is 186 Å². The van der Waals surface area contributed by atoms with E-state index in [-0.39, 0.29) is 24.9 Å². The van der Waals surface area contributed by atoms with Gasteiger partial charge in [-0.3, -0.25) is 0 Å². The molecule has 2 heterocycles. The van der Waals surface area contributed by atoms with Crippen molar-refractivity contribution in [3.8, 4) is 0 Å². The number of ether oxygens (including phenoxy) is 5. The maximum atomic E-state index is 13.1. The lowest BCUT2D eigenvalue weighted by Crippen LogP contribution is -2.72. The Labute approximate surface area is 380 Å². The van der Waals surface area contributed by atoms with E-state index >= 15 is 0 Å². The highest BCUT2D eigenvalue weighted by molar-refractivity contribution is 5.87. The standard InChI is InChI=1S/C47H74O18/c1-9-21(2)39(60)65-37-36(57)47(20-50)23(16-42(37,3)4)22-10-11-26-43(5)14-13-28(44(6,19-49)25(43)12-15-45(26,7)46(22,8)17-27(47)51)62-41-33(56)34(32(55)35(64-41)38(58)59)63-40-31(54)30(53)29(52)24(18-48)61-40/h9-10,23-37,40-41,48-57H,11-20H2,1-8H3,(H,58,59)/b21-9-/t23-,24+,25+,26+,27+,28-,29+,30-,31+,32-,33+,34-,35-,36-,37-,40-,41+,43-,44+,45+,46+,47-/m0/s1. The number of rotatable bonds is 10. The molecule has 0 aromatic rings. The summed E-state index contributed by atoms with van der Waals surface area (Å²) in [6.07, 6.45) is -14.9. The Kier molecular flexibility index (Phi) is 13.8. The van der Waals surface area contributed by atoms with Gasteiger partial charge in [0, 0.05) is 16.4 Å². The molecule has 0 aromatic carbocycles. The summed E-state index contributed by atoms with van der Waals surface area (Å²) in [6, 6.07) is 0. The van der Waals surface area contributed by atoms with Crippen LogP contribution in [0.25, 0.3) is 0 Å². The minimum absolute atomic E-state index is 0.0292. The molecule has 0 bridgehead atoms. The molecule has 6 fully saturated rings. The number of aliphatic hydroxyl groups is 10. The normalized spacial score (nSPS) is 51.9. The highest BCUT2D eigenvalue weighted by atomic mass is 16.7. The van der Waals surface area contributed by atoms with Crippen molar-refractivity contribution in [3.63, 3.8) is 0 Å². The van der Waals surface area contributed by atoms with Gasteiger partial charge in [-0.15, -0.1) is 0 Å². The fourth-order valence-electron chi connectivity index (χ4n) is 14.5. The topological polar surface area (TPSA) is 303 Å². The number of hydrogen-bond acceptors (Lipinski definition) is 17. The van der Waals surface area contributed by atoms with E-state index < -0.39 is 149 Å². The van der Waals surface area contributed by atoms with Crippen LogP contribution in [0.1, 0.15) is 100 Å². The Morgan fingerprint density at radius 3 is 2.06 bits per heavy atom. The molecule has 0 spiro atoms. The molecule has 0 aromatic heterocycles. The summed E-state index contributed by atoms with van der Waals surface area (Å²) in [5.41, 5.74) is -3.01. The van der Waals surface area contributed by atoms with E-state index in [1.165, 1.54) is 0 Å². The van der Waals surface area contributed by atoms with Crippen LogP contribution in [0.15, 0.2) is 23.3 Å². The number of aliphatic hydroxyl groups excluding tert-OH is 10. The molecule has 22 atom stereocenters. The molecule has 7 rings (SSSR count). The molecule has 370 valence electrons. The summed E-state index contributed by atoms with van der Waals surface area (Å²) in [5.74, 6) is -2.74. The van der Waals surface area contributed by atoms with Crippen molar-refractivity contribution in [1.29, 1.82) is 0 Å². The van der Waals surface area contributed by atoms with E-state index in [1.54, 1.807) is 19.9 Å². The van der Waals surface area contributed by atoms with Crippen molar-refractivity contribution in [1.82, 2.24) is 0 Å². The molecule has 2 aliphatic heterocycles. The maximum absolute atomic E-state index is 13.1. The number of hydrogen-bond donors (Lipinski definition) is 11. The molecule has 7 aliphatic rings. The second kappa shape index (κ2) is 17.7. The number of carboxylic acid groups (broad SMARTS) is 1. The van der Waals surface area contributed by atoms with Gasteiger partial charge in [-0.1, -0.05) is 59.3 Å². The predicted octanol–water partition coefficient (Wildman–Crippen LogP) is 0.284. The number of carboxylic acids is 1. The molecule has 0 amide bonds. The molecule has 18 nitrogen and oxygen atoms in total. The lowest BCUT2D eigenvalue weighted by atomic mass is 9.33. The Bertz CT molecular complexity index is 1860. The van der Waals surface area contributed by atoms with Gasteiger partial charge in [0.1, 0.15) is 54.9 Å². The molecular formula is C47H74O18. The van der Waals surface area contributed by atoms with E-state index in [9.17, 15) is 65.8 Å². The highest BCUT2D eigenvalue weighted by Gasteiger charge is 2.73. The average molecular weight is 927 g/mol. The molecule has 65 heavy (non-hydrogen) atoms. The van der Waals surface area contributed by atoms with Gasteiger partial charge in [-0.2, -0.15) is 0 Å². The molecule has 2 saturated heterocycles. The van der Waals surface area contributed by atoms with Crippen molar-refractivity contribution in [3.05, 3.63) is 23.3 Å². The zero-order chi connectivity index (χ0) is 48.1. The number of aliphatic carboxylic acids is 1. The lowest BCUT2D eigenvalue weighted by molar-refractivity contribution is -0.366. The van der Waals surface area contributed by atoms with Crippen LogP contribution >= 0.6 is 0 Å². The minimum atomic E-state index is -2.02. The number of carbonyl (C=O) groups is 2. The maximum Gasteiger partial charge on any atom is 0.335 e. The zero-order valence-electron chi connectivity index (χ0n) is 38.8. The van der Waals surface area contributed by atoms with E-state index in [1.807, 2.05) is 20.8 Å². The van der Waals surface area contributed by atoms with Gasteiger partial charge in [0.25, 0.3) is 0 Å². The number of carbonyl (C=O) groups excluding carboxylic acids is 1. The van der Waals surface area contributed by atoms with Gasteiger partial charge >= 0.3 is 11.9 Å². The van der Waals surface area contributed by atoms with E-state index in [0.29, 0.717) is 44.1 Å². The second-order valence-electron chi connectivity index (χ2n) is 22.1. The first-order chi connectivity index (χ1) is 30.3. The number of fused-ring (bicyclic) bond motifs is 7. The first-order valence-electron chi connectivity index (χ1n) is 23.3. The molecule has 0 unspecified atom stereocenters. The minimum Gasteiger partial charge on any atom is -0.479 e. The first kappa shape index (κ1) is 50.7. The van der Waals surface area contributed by atoms with Crippen molar-refractivity contribution >= 4 is 11.9 Å². The second-order valence-corrected chi connectivity index (χ2v) is 22.1. The van der Waals surface area contributed by atoms with E-state index in [2.05, 4.69) is 26.8 Å². The van der Waals surface area contributed by atoms with Crippen LogP contribution in [0.5, 0.6) is 0 Å². The van der Waals surface area contributed by atoms with Gasteiger partial charge in [-0.05, 0) is 92.8 Å². The summed E-state index contributed by atoms with van der Waals surface area (Å²) in [4.78, 5) is 25.5. The Morgan fingerprint density at radius 1 is 0.800 bits per heavy atom. The van der Waals surface area contributed by atoms with Crippen LogP contribution in [-0.4, -0.2) is 174 Å². The zero-order valence-corrected chi connectivity index (χ0v) is 38.8. The van der Waals surface area contributed by atoms with Crippen molar-refractivity contribution < 1.29 is 89.4 Å². The van der Waals surface area contributed by atoms with Gasteiger partial charge in [0.2, 0.25) is 0 Å². The van der Waals surface area contributed by atoms with Gasteiger partial charge in [-0.25, -0.2) is 9.59 Å². The lowest BCUT2D eigenvalue weighted by Gasteiger charge is -2.72. The third-order valence-corrected chi connectivity index (χ3v) is 18.7. The third kappa shape index (κ3) is 7.50. The van der Waals surface area contributed by atoms with Crippen LogP contribution in [0.4, 0.5) is 0 Å². The predicted molar refractivity (Wildman–Crippen MR) is 227 cm³/mol.